The van der Waals surface area contributed by atoms with E-state index in [1.54, 1.807) is 0 Å². The minimum atomic E-state index is -0.243. The van der Waals surface area contributed by atoms with Gasteiger partial charge in [-0.25, -0.2) is 0 Å². The van der Waals surface area contributed by atoms with Gasteiger partial charge < -0.3 is 11.1 Å². The largest absolute Gasteiger partial charge is 0.369 e. The molecule has 3 nitrogen and oxygen atoms in total. The topological polar surface area (TPSA) is 55.1 Å². The molecule has 1 aromatic carbocycles. The third kappa shape index (κ3) is 2.91. The molecule has 2 rings (SSSR count). The minimum Gasteiger partial charge on any atom is -0.369 e. The average Bonchev–Trinajstić information content (AvgIpc) is 2.38. The monoisotopic (exact) mass is 245 g/mol. The third-order valence-corrected chi connectivity index (χ3v) is 3.42. The maximum absolute atomic E-state index is 11.4. The molecule has 1 atom stereocenters. The van der Waals surface area contributed by atoms with E-state index in [9.17, 15) is 4.79 Å². The van der Waals surface area contributed by atoms with Gasteiger partial charge in [0.05, 0.1) is 5.92 Å². The molecule has 18 heavy (non-hydrogen) atoms. The number of rotatable bonds is 5. The Kier molecular flexibility index (Phi) is 4.37. The van der Waals surface area contributed by atoms with Gasteiger partial charge in [0.15, 0.2) is 0 Å². The number of benzene rings is 1. The lowest BCUT2D eigenvalue weighted by molar-refractivity contribution is -0.118. The number of carbonyl (C=O) groups excluding carboxylic acids is 1. The zero-order valence-corrected chi connectivity index (χ0v) is 10.9. The van der Waals surface area contributed by atoms with Crippen LogP contribution in [-0.2, 0) is 17.8 Å². The van der Waals surface area contributed by atoms with Crippen LogP contribution in [0.15, 0.2) is 18.2 Å². The highest BCUT2D eigenvalue weighted by atomic mass is 16.1. The summed E-state index contributed by atoms with van der Waals surface area (Å²) in [6, 6.07) is 6.36. The van der Waals surface area contributed by atoms with Gasteiger partial charge in [-0.15, -0.1) is 0 Å². The highest BCUT2D eigenvalue weighted by Gasteiger charge is 2.24. The van der Waals surface area contributed by atoms with Crippen molar-refractivity contribution < 1.29 is 4.79 Å². The quantitative estimate of drug-likeness (QED) is 0.779. The fourth-order valence-electron chi connectivity index (χ4n) is 2.50. The number of carbonyl (C=O) groups is 1. The number of amides is 1. The minimum absolute atomic E-state index is 0.202. The van der Waals surface area contributed by atoms with E-state index in [-0.39, 0.29) is 11.8 Å². The van der Waals surface area contributed by atoms with Crippen LogP contribution in [0.2, 0.25) is 0 Å². The first-order valence-electron chi connectivity index (χ1n) is 6.67. The summed E-state index contributed by atoms with van der Waals surface area (Å²) >= 11 is 0. The summed E-state index contributed by atoms with van der Waals surface area (Å²) in [6.07, 6.45) is 5.12. The van der Waals surface area contributed by atoms with Gasteiger partial charge in [-0.3, -0.25) is 4.79 Å². The van der Waals surface area contributed by atoms with Gasteiger partial charge in [-0.1, -0.05) is 25.1 Å². The van der Waals surface area contributed by atoms with Gasteiger partial charge in [0.2, 0.25) is 5.91 Å². The van der Waals surface area contributed by atoms with Crippen molar-refractivity contribution in [2.45, 2.75) is 38.6 Å². The molecule has 1 aliphatic carbocycles. The lowest BCUT2D eigenvalue weighted by atomic mass is 9.82. The SMILES string of the molecule is CCCNCc1ccc2c(c1)CC[CH]C2C(N)=O. The van der Waals surface area contributed by atoms with Crippen molar-refractivity contribution in [3.63, 3.8) is 0 Å². The van der Waals surface area contributed by atoms with Gasteiger partial charge in [-0.05, 0) is 48.9 Å². The van der Waals surface area contributed by atoms with Crippen molar-refractivity contribution >= 4 is 5.91 Å². The maximum Gasteiger partial charge on any atom is 0.225 e. The van der Waals surface area contributed by atoms with Gasteiger partial charge in [0.25, 0.3) is 0 Å². The number of fused-ring (bicyclic) bond motifs is 1. The second-order valence-electron chi connectivity index (χ2n) is 4.86. The Morgan fingerprint density at radius 2 is 2.33 bits per heavy atom. The predicted molar refractivity (Wildman–Crippen MR) is 73.0 cm³/mol. The molecule has 97 valence electrons. The number of nitrogens with two attached hydrogens (primary N) is 1. The fraction of sp³-hybridized carbons (Fsp3) is 0.467. The second-order valence-corrected chi connectivity index (χ2v) is 4.86. The first-order valence-corrected chi connectivity index (χ1v) is 6.67. The Hall–Kier alpha value is -1.35. The molecule has 1 aliphatic rings. The van der Waals surface area contributed by atoms with Crippen LogP contribution in [0, 0.1) is 6.42 Å². The Labute approximate surface area is 109 Å². The van der Waals surface area contributed by atoms with Crippen LogP contribution in [0.3, 0.4) is 0 Å². The molecule has 0 spiro atoms. The van der Waals surface area contributed by atoms with Crippen LogP contribution in [0.1, 0.15) is 42.4 Å². The number of primary amides is 1. The van der Waals surface area contributed by atoms with E-state index in [4.69, 9.17) is 5.73 Å². The maximum atomic E-state index is 11.4. The van der Waals surface area contributed by atoms with E-state index in [2.05, 4.69) is 30.4 Å². The van der Waals surface area contributed by atoms with Crippen LogP contribution in [-0.4, -0.2) is 12.5 Å². The Balaban J connectivity index is 2.14. The Bertz CT molecular complexity index is 429. The molecular formula is C15H21N2O. The highest BCUT2D eigenvalue weighted by Crippen LogP contribution is 2.31. The molecule has 0 fully saturated rings. The second kappa shape index (κ2) is 6.01. The summed E-state index contributed by atoms with van der Waals surface area (Å²) in [7, 11) is 0. The number of hydrogen-bond donors (Lipinski definition) is 2. The van der Waals surface area contributed by atoms with Crippen molar-refractivity contribution in [2.75, 3.05) is 6.54 Å². The average molecular weight is 245 g/mol. The summed E-state index contributed by atoms with van der Waals surface area (Å²) in [6.45, 7) is 4.09. The summed E-state index contributed by atoms with van der Waals surface area (Å²) in [5, 5.41) is 3.39. The molecule has 0 aliphatic heterocycles. The molecule has 1 unspecified atom stereocenters. The molecule has 1 amide bonds. The number of nitrogens with one attached hydrogen (secondary N) is 1. The van der Waals surface area contributed by atoms with Crippen LogP contribution in [0.4, 0.5) is 0 Å². The summed E-state index contributed by atoms with van der Waals surface area (Å²) < 4.78 is 0. The van der Waals surface area contributed by atoms with Gasteiger partial charge in [-0.2, -0.15) is 0 Å². The number of hydrogen-bond acceptors (Lipinski definition) is 2. The van der Waals surface area contributed by atoms with Gasteiger partial charge >= 0.3 is 0 Å². The molecule has 0 saturated carbocycles. The third-order valence-electron chi connectivity index (χ3n) is 3.42. The Morgan fingerprint density at radius 3 is 3.06 bits per heavy atom. The molecular weight excluding hydrogens is 224 g/mol. The van der Waals surface area contributed by atoms with Crippen molar-refractivity contribution in [3.05, 3.63) is 41.3 Å². The summed E-state index contributed by atoms with van der Waals surface area (Å²) in [5.74, 6) is -0.445. The molecule has 1 radical (unpaired) electrons. The van der Waals surface area contributed by atoms with E-state index in [0.29, 0.717) is 0 Å². The predicted octanol–water partition coefficient (Wildman–Crippen LogP) is 1.91. The van der Waals surface area contributed by atoms with Crippen LogP contribution < -0.4 is 11.1 Å². The van der Waals surface area contributed by atoms with Crippen molar-refractivity contribution in [1.29, 1.82) is 0 Å². The summed E-state index contributed by atoms with van der Waals surface area (Å²) in [4.78, 5) is 11.4. The molecule has 3 heteroatoms. The number of aryl methyl sites for hydroxylation is 1. The fourth-order valence-corrected chi connectivity index (χ4v) is 2.50. The molecule has 0 aromatic heterocycles. The standard InChI is InChI=1S/C15H21N2O/c1-2-8-17-10-11-6-7-13-12(9-11)4-3-5-14(13)15(16)18/h5-7,9,14,17H,2-4,8,10H2,1H3,(H2,16,18). The van der Waals surface area contributed by atoms with Crippen LogP contribution in [0.5, 0.6) is 0 Å². The van der Waals surface area contributed by atoms with Gasteiger partial charge in [0.1, 0.15) is 0 Å². The molecule has 3 N–H and O–H groups in total. The van der Waals surface area contributed by atoms with Gasteiger partial charge in [0, 0.05) is 6.54 Å². The first-order chi connectivity index (χ1) is 8.72. The summed E-state index contributed by atoms with van der Waals surface area (Å²) in [5.41, 5.74) is 9.09. The zero-order valence-electron chi connectivity index (χ0n) is 10.9. The van der Waals surface area contributed by atoms with Crippen LogP contribution in [0.25, 0.3) is 0 Å². The highest BCUT2D eigenvalue weighted by molar-refractivity contribution is 5.84. The van der Waals surface area contributed by atoms with Crippen molar-refractivity contribution in [2.24, 2.45) is 5.73 Å². The van der Waals surface area contributed by atoms with E-state index < -0.39 is 0 Å². The first kappa shape index (κ1) is 13.1. The van der Waals surface area contributed by atoms with Crippen molar-refractivity contribution in [3.8, 4) is 0 Å². The zero-order chi connectivity index (χ0) is 13.0. The van der Waals surface area contributed by atoms with E-state index in [0.717, 1.165) is 37.9 Å². The van der Waals surface area contributed by atoms with E-state index in [1.165, 1.54) is 11.1 Å². The normalized spacial score (nSPS) is 18.4. The molecule has 0 saturated heterocycles. The lowest BCUT2D eigenvalue weighted by Gasteiger charge is -2.23. The lowest BCUT2D eigenvalue weighted by Crippen LogP contribution is -2.25. The molecule has 1 aromatic rings. The van der Waals surface area contributed by atoms with E-state index >= 15 is 0 Å². The smallest absolute Gasteiger partial charge is 0.225 e. The van der Waals surface area contributed by atoms with E-state index in [1.807, 2.05) is 6.42 Å². The Morgan fingerprint density at radius 1 is 1.50 bits per heavy atom. The molecule has 0 heterocycles. The van der Waals surface area contributed by atoms with Crippen molar-refractivity contribution in [1.82, 2.24) is 5.32 Å². The molecule has 0 bridgehead atoms. The van der Waals surface area contributed by atoms with Crippen LogP contribution >= 0.6 is 0 Å².